The highest BCUT2D eigenvalue weighted by atomic mass is 16.5. The Bertz CT molecular complexity index is 331. The number of carboxylic acids is 1. The third-order valence-corrected chi connectivity index (χ3v) is 2.44. The van der Waals surface area contributed by atoms with Gasteiger partial charge in [0.15, 0.2) is 0 Å². The Labute approximate surface area is 112 Å². The van der Waals surface area contributed by atoms with E-state index < -0.39 is 24.0 Å². The summed E-state index contributed by atoms with van der Waals surface area (Å²) >= 11 is 0. The number of carbonyl (C=O) groups excluding carboxylic acids is 1. The molecular weight excluding hydrogens is 252 g/mol. The van der Waals surface area contributed by atoms with Gasteiger partial charge in [0.2, 0.25) is 5.91 Å². The summed E-state index contributed by atoms with van der Waals surface area (Å²) in [6, 6.07) is -1.66. The number of hydrogen-bond donors (Lipinski definition) is 5. The highest BCUT2D eigenvalue weighted by Crippen LogP contribution is 2.02. The molecule has 0 radical (unpaired) electrons. The zero-order valence-electron chi connectivity index (χ0n) is 11.2. The number of hydrogen-bond acceptors (Lipinski definition) is 5. The summed E-state index contributed by atoms with van der Waals surface area (Å²) in [6.07, 6.45) is 1.57. The second-order valence-electron chi connectivity index (χ2n) is 4.26. The summed E-state index contributed by atoms with van der Waals surface area (Å²) in [5, 5.41) is 19.8. The van der Waals surface area contributed by atoms with Crippen molar-refractivity contribution in [1.82, 2.24) is 10.8 Å². The summed E-state index contributed by atoms with van der Waals surface area (Å²) in [7, 11) is 0. The molecule has 0 rings (SSSR count). The first kappa shape index (κ1) is 17.3. The summed E-state index contributed by atoms with van der Waals surface area (Å²) in [5.41, 5.74) is 7.26. The van der Waals surface area contributed by atoms with E-state index in [9.17, 15) is 9.59 Å². The number of carbonyl (C=O) groups is 2. The quantitative estimate of drug-likeness (QED) is 0.175. The van der Waals surface area contributed by atoms with Crippen molar-refractivity contribution in [2.45, 2.75) is 45.2 Å². The Kier molecular flexibility index (Phi) is 8.47. The van der Waals surface area contributed by atoms with Gasteiger partial charge in [-0.15, -0.1) is 0 Å². The molecule has 0 bridgehead atoms. The number of hydroxylamine groups is 1. The lowest BCUT2D eigenvalue weighted by Gasteiger charge is -2.15. The Balaban J connectivity index is 4.03. The van der Waals surface area contributed by atoms with Crippen LogP contribution in [0.25, 0.3) is 0 Å². The zero-order chi connectivity index (χ0) is 14.8. The molecule has 0 aliphatic heterocycles. The van der Waals surface area contributed by atoms with Crippen LogP contribution >= 0.6 is 0 Å². The molecule has 0 aromatic carbocycles. The number of aliphatic carboxylic acids is 1. The van der Waals surface area contributed by atoms with Crippen LogP contribution in [-0.2, 0) is 9.59 Å². The van der Waals surface area contributed by atoms with Crippen LogP contribution in [-0.4, -0.2) is 46.7 Å². The van der Waals surface area contributed by atoms with Crippen molar-refractivity contribution in [2.75, 3.05) is 6.54 Å². The standard InChI is InChI=1S/C11H22N4O4/c1-7(12)10(16)14-9(11(17)18)5-3-4-6-13-8(2)15-19/h7,9,19H,3-6,12H2,1-2H3,(H,13,15)(H,14,16)(H,17,18). The van der Waals surface area contributed by atoms with Gasteiger partial charge in [-0.05, 0) is 33.1 Å². The molecule has 0 fully saturated rings. The number of rotatable bonds is 8. The van der Waals surface area contributed by atoms with Crippen molar-refractivity contribution in [3.05, 3.63) is 0 Å². The molecule has 2 atom stereocenters. The predicted molar refractivity (Wildman–Crippen MR) is 70.0 cm³/mol. The fraction of sp³-hybridized carbons (Fsp3) is 0.727. The topological polar surface area (TPSA) is 137 Å². The maximum absolute atomic E-state index is 11.3. The lowest BCUT2D eigenvalue weighted by atomic mass is 10.1. The number of aliphatic imine (C=N–C) groups is 1. The van der Waals surface area contributed by atoms with Crippen molar-refractivity contribution < 1.29 is 19.9 Å². The average molecular weight is 274 g/mol. The van der Waals surface area contributed by atoms with E-state index in [1.807, 2.05) is 5.48 Å². The van der Waals surface area contributed by atoms with Crippen LogP contribution in [0.4, 0.5) is 0 Å². The number of nitrogens with zero attached hydrogens (tertiary/aromatic N) is 1. The van der Waals surface area contributed by atoms with Crippen LogP contribution < -0.4 is 16.5 Å². The largest absolute Gasteiger partial charge is 0.480 e. The Morgan fingerprint density at radius 2 is 2.00 bits per heavy atom. The highest BCUT2D eigenvalue weighted by Gasteiger charge is 2.20. The van der Waals surface area contributed by atoms with Crippen molar-refractivity contribution in [3.63, 3.8) is 0 Å². The van der Waals surface area contributed by atoms with Crippen molar-refractivity contribution in [2.24, 2.45) is 10.7 Å². The maximum atomic E-state index is 11.3. The Morgan fingerprint density at radius 3 is 2.47 bits per heavy atom. The fourth-order valence-electron chi connectivity index (χ4n) is 1.30. The van der Waals surface area contributed by atoms with E-state index in [4.69, 9.17) is 16.0 Å². The molecule has 0 aromatic rings. The molecule has 0 heterocycles. The molecule has 2 unspecified atom stereocenters. The molecule has 0 saturated carbocycles. The first-order chi connectivity index (χ1) is 8.88. The summed E-state index contributed by atoms with van der Waals surface area (Å²) in [4.78, 5) is 26.2. The maximum Gasteiger partial charge on any atom is 0.326 e. The number of amides is 1. The van der Waals surface area contributed by atoms with Crippen LogP contribution in [0.5, 0.6) is 0 Å². The molecule has 0 aromatic heterocycles. The van der Waals surface area contributed by atoms with Crippen LogP contribution in [0.3, 0.4) is 0 Å². The van der Waals surface area contributed by atoms with Crippen molar-refractivity contribution in [3.8, 4) is 0 Å². The summed E-state index contributed by atoms with van der Waals surface area (Å²) in [5.74, 6) is -1.16. The van der Waals surface area contributed by atoms with E-state index in [1.165, 1.54) is 6.92 Å². The molecule has 8 heteroatoms. The highest BCUT2D eigenvalue weighted by molar-refractivity contribution is 5.86. The van der Waals surface area contributed by atoms with E-state index in [0.29, 0.717) is 31.6 Å². The second-order valence-corrected chi connectivity index (χ2v) is 4.26. The third kappa shape index (κ3) is 8.11. The van der Waals surface area contributed by atoms with Gasteiger partial charge in [-0.2, -0.15) is 0 Å². The molecular formula is C11H22N4O4. The van der Waals surface area contributed by atoms with Gasteiger partial charge >= 0.3 is 5.97 Å². The van der Waals surface area contributed by atoms with Gasteiger partial charge in [0.25, 0.3) is 0 Å². The van der Waals surface area contributed by atoms with Crippen LogP contribution in [0, 0.1) is 0 Å². The van der Waals surface area contributed by atoms with Gasteiger partial charge < -0.3 is 16.2 Å². The Hall–Kier alpha value is -1.67. The smallest absolute Gasteiger partial charge is 0.326 e. The van der Waals surface area contributed by atoms with Gasteiger partial charge in [-0.1, -0.05) is 0 Å². The lowest BCUT2D eigenvalue weighted by Crippen LogP contribution is -2.47. The van der Waals surface area contributed by atoms with E-state index in [-0.39, 0.29) is 0 Å². The van der Waals surface area contributed by atoms with Crippen molar-refractivity contribution in [1.29, 1.82) is 0 Å². The molecule has 0 aliphatic carbocycles. The summed E-state index contributed by atoms with van der Waals surface area (Å²) in [6.45, 7) is 3.59. The van der Waals surface area contributed by atoms with E-state index >= 15 is 0 Å². The minimum atomic E-state index is -1.08. The van der Waals surface area contributed by atoms with Gasteiger partial charge in [0.05, 0.1) is 6.04 Å². The SMILES string of the molecule is CC(=NCCCCC(NC(=O)C(C)N)C(=O)O)NO. The van der Waals surface area contributed by atoms with E-state index in [0.717, 1.165) is 0 Å². The monoisotopic (exact) mass is 274 g/mol. The van der Waals surface area contributed by atoms with Gasteiger partial charge in [-0.3, -0.25) is 20.5 Å². The molecule has 1 amide bonds. The molecule has 0 saturated heterocycles. The minimum absolute atomic E-state index is 0.314. The molecule has 0 aliphatic rings. The molecule has 6 N–H and O–H groups in total. The van der Waals surface area contributed by atoms with Crippen molar-refractivity contribution >= 4 is 17.7 Å². The molecule has 110 valence electrons. The van der Waals surface area contributed by atoms with E-state index in [1.54, 1.807) is 6.92 Å². The minimum Gasteiger partial charge on any atom is -0.480 e. The second kappa shape index (κ2) is 9.29. The first-order valence-corrected chi connectivity index (χ1v) is 6.08. The summed E-state index contributed by atoms with van der Waals surface area (Å²) < 4.78 is 0. The predicted octanol–water partition coefficient (Wildman–Crippen LogP) is -0.529. The van der Waals surface area contributed by atoms with Gasteiger partial charge in [-0.25, -0.2) is 4.79 Å². The number of unbranched alkanes of at least 4 members (excludes halogenated alkanes) is 1. The first-order valence-electron chi connectivity index (χ1n) is 6.08. The van der Waals surface area contributed by atoms with Crippen LogP contribution in [0.15, 0.2) is 4.99 Å². The van der Waals surface area contributed by atoms with Crippen LogP contribution in [0.1, 0.15) is 33.1 Å². The molecule has 0 spiro atoms. The van der Waals surface area contributed by atoms with Gasteiger partial charge in [0, 0.05) is 6.54 Å². The Morgan fingerprint density at radius 1 is 1.37 bits per heavy atom. The normalized spacial score (nSPS) is 14.6. The molecule has 19 heavy (non-hydrogen) atoms. The van der Waals surface area contributed by atoms with Gasteiger partial charge in [0.1, 0.15) is 11.9 Å². The fourth-order valence-corrected chi connectivity index (χ4v) is 1.30. The number of amidine groups is 1. The molecule has 8 nitrogen and oxygen atoms in total. The lowest BCUT2D eigenvalue weighted by molar-refractivity contribution is -0.142. The van der Waals surface area contributed by atoms with Crippen LogP contribution in [0.2, 0.25) is 0 Å². The number of nitrogens with one attached hydrogen (secondary N) is 2. The number of carboxylic acid groups (broad SMARTS) is 1. The zero-order valence-corrected chi connectivity index (χ0v) is 11.2. The number of nitrogens with two attached hydrogens (primary N) is 1. The third-order valence-electron chi connectivity index (χ3n) is 2.44. The average Bonchev–Trinajstić information content (AvgIpc) is 2.35. The van der Waals surface area contributed by atoms with E-state index in [2.05, 4.69) is 10.3 Å².